The van der Waals surface area contributed by atoms with Gasteiger partial charge in [0.05, 0.1) is 12.3 Å². The first kappa shape index (κ1) is 12.2. The number of carboxylic acids is 1. The molecule has 0 aliphatic rings. The molecule has 16 heavy (non-hydrogen) atoms. The SMILES string of the molecule is CC(CN(C)C(=O)Cc1ccn[nH]1)C(=O)O. The first-order valence-corrected chi connectivity index (χ1v) is 4.95. The summed E-state index contributed by atoms with van der Waals surface area (Å²) in [6.07, 6.45) is 1.78. The fourth-order valence-corrected chi connectivity index (χ4v) is 1.27. The van der Waals surface area contributed by atoms with Crippen molar-refractivity contribution in [2.75, 3.05) is 13.6 Å². The number of aliphatic carboxylic acids is 1. The molecule has 0 aromatic carbocycles. The number of carbonyl (C=O) groups excluding carboxylic acids is 1. The Morgan fingerprint density at radius 1 is 1.62 bits per heavy atom. The van der Waals surface area contributed by atoms with Gasteiger partial charge >= 0.3 is 5.97 Å². The standard InChI is InChI=1S/C10H15N3O3/c1-7(10(15)16)6-13(2)9(14)5-8-3-4-11-12-8/h3-4,7H,5-6H2,1-2H3,(H,11,12)(H,15,16). The second-order valence-electron chi connectivity index (χ2n) is 3.77. The largest absolute Gasteiger partial charge is 0.481 e. The van der Waals surface area contributed by atoms with Crippen LogP contribution in [0.2, 0.25) is 0 Å². The van der Waals surface area contributed by atoms with Crippen LogP contribution in [0.1, 0.15) is 12.6 Å². The lowest BCUT2D eigenvalue weighted by Gasteiger charge is -2.18. The molecule has 1 amide bonds. The highest BCUT2D eigenvalue weighted by Gasteiger charge is 2.17. The average Bonchev–Trinajstić information content (AvgIpc) is 2.69. The molecular formula is C10H15N3O3. The number of carboxylic acid groups (broad SMARTS) is 1. The quantitative estimate of drug-likeness (QED) is 0.745. The van der Waals surface area contributed by atoms with Crippen LogP contribution in [0.4, 0.5) is 0 Å². The molecule has 0 bridgehead atoms. The Kier molecular flexibility index (Phi) is 4.04. The van der Waals surface area contributed by atoms with Crippen LogP contribution in [0.15, 0.2) is 12.3 Å². The van der Waals surface area contributed by atoms with Crippen LogP contribution in [0, 0.1) is 5.92 Å². The molecular weight excluding hydrogens is 210 g/mol. The number of amides is 1. The van der Waals surface area contributed by atoms with Crippen molar-refractivity contribution in [1.82, 2.24) is 15.1 Å². The van der Waals surface area contributed by atoms with E-state index < -0.39 is 11.9 Å². The van der Waals surface area contributed by atoms with Crippen LogP contribution >= 0.6 is 0 Å². The molecule has 0 spiro atoms. The van der Waals surface area contributed by atoms with E-state index >= 15 is 0 Å². The lowest BCUT2D eigenvalue weighted by atomic mass is 10.1. The fourth-order valence-electron chi connectivity index (χ4n) is 1.27. The smallest absolute Gasteiger partial charge is 0.308 e. The van der Waals surface area contributed by atoms with Gasteiger partial charge in [-0.05, 0) is 6.07 Å². The highest BCUT2D eigenvalue weighted by Crippen LogP contribution is 2.02. The van der Waals surface area contributed by atoms with E-state index in [1.165, 1.54) is 4.90 Å². The lowest BCUT2D eigenvalue weighted by molar-refractivity contribution is -0.142. The van der Waals surface area contributed by atoms with E-state index in [1.54, 1.807) is 26.2 Å². The summed E-state index contributed by atoms with van der Waals surface area (Å²) in [5, 5.41) is 15.1. The maximum absolute atomic E-state index is 11.7. The van der Waals surface area contributed by atoms with Crippen LogP contribution in [-0.2, 0) is 16.0 Å². The normalized spacial score (nSPS) is 12.1. The third kappa shape index (κ3) is 3.38. The Morgan fingerprint density at radius 2 is 2.31 bits per heavy atom. The molecule has 0 aliphatic heterocycles. The second kappa shape index (κ2) is 5.29. The third-order valence-electron chi connectivity index (χ3n) is 2.30. The van der Waals surface area contributed by atoms with E-state index in [1.807, 2.05) is 0 Å². The minimum atomic E-state index is -0.902. The number of rotatable bonds is 5. The number of H-pyrrole nitrogens is 1. The number of carbonyl (C=O) groups is 2. The molecule has 88 valence electrons. The van der Waals surface area contributed by atoms with Gasteiger partial charge in [0.25, 0.3) is 0 Å². The van der Waals surface area contributed by atoms with E-state index in [-0.39, 0.29) is 18.9 Å². The highest BCUT2D eigenvalue weighted by molar-refractivity contribution is 5.79. The highest BCUT2D eigenvalue weighted by atomic mass is 16.4. The lowest BCUT2D eigenvalue weighted by Crippen LogP contribution is -2.34. The first-order chi connectivity index (χ1) is 7.50. The number of hydrogen-bond acceptors (Lipinski definition) is 3. The van der Waals surface area contributed by atoms with Gasteiger partial charge in [-0.3, -0.25) is 14.7 Å². The topological polar surface area (TPSA) is 86.3 Å². The van der Waals surface area contributed by atoms with Gasteiger partial charge in [0.15, 0.2) is 0 Å². The van der Waals surface area contributed by atoms with E-state index in [0.717, 1.165) is 5.69 Å². The molecule has 0 fully saturated rings. The molecule has 0 aliphatic carbocycles. The number of nitrogens with zero attached hydrogens (tertiary/aromatic N) is 2. The maximum Gasteiger partial charge on any atom is 0.308 e. The molecule has 1 unspecified atom stereocenters. The number of hydrogen-bond donors (Lipinski definition) is 2. The molecule has 0 saturated heterocycles. The average molecular weight is 225 g/mol. The van der Waals surface area contributed by atoms with Gasteiger partial charge in [-0.1, -0.05) is 6.92 Å². The van der Waals surface area contributed by atoms with Crippen molar-refractivity contribution in [1.29, 1.82) is 0 Å². The van der Waals surface area contributed by atoms with Crippen molar-refractivity contribution in [3.05, 3.63) is 18.0 Å². The Labute approximate surface area is 93.3 Å². The number of aromatic amines is 1. The minimum absolute atomic E-state index is 0.127. The zero-order chi connectivity index (χ0) is 12.1. The van der Waals surface area contributed by atoms with Crippen LogP contribution in [0.3, 0.4) is 0 Å². The molecule has 6 heteroatoms. The summed E-state index contributed by atoms with van der Waals surface area (Å²) in [5.41, 5.74) is 0.722. The van der Waals surface area contributed by atoms with Crippen molar-refractivity contribution in [2.45, 2.75) is 13.3 Å². The van der Waals surface area contributed by atoms with Gasteiger partial charge in [-0.15, -0.1) is 0 Å². The van der Waals surface area contributed by atoms with Gasteiger partial charge in [-0.2, -0.15) is 5.10 Å². The van der Waals surface area contributed by atoms with E-state index in [2.05, 4.69) is 10.2 Å². The predicted molar refractivity (Wildman–Crippen MR) is 56.7 cm³/mol. The van der Waals surface area contributed by atoms with Crippen molar-refractivity contribution in [3.63, 3.8) is 0 Å². The first-order valence-electron chi connectivity index (χ1n) is 4.95. The zero-order valence-electron chi connectivity index (χ0n) is 9.30. The summed E-state index contributed by atoms with van der Waals surface area (Å²) in [6.45, 7) is 1.78. The number of likely N-dealkylation sites (N-methyl/N-ethyl adjacent to an activating group) is 1. The summed E-state index contributed by atoms with van der Waals surface area (Å²) in [5.74, 6) is -1.59. The van der Waals surface area contributed by atoms with E-state index in [0.29, 0.717) is 0 Å². The summed E-state index contributed by atoms with van der Waals surface area (Å²) >= 11 is 0. The molecule has 1 aromatic rings. The van der Waals surface area contributed by atoms with Crippen molar-refractivity contribution in [2.24, 2.45) is 5.92 Å². The van der Waals surface area contributed by atoms with Crippen molar-refractivity contribution >= 4 is 11.9 Å². The minimum Gasteiger partial charge on any atom is -0.481 e. The molecule has 1 rings (SSSR count). The third-order valence-corrected chi connectivity index (χ3v) is 2.30. The number of aromatic nitrogens is 2. The summed E-state index contributed by atoms with van der Waals surface area (Å²) < 4.78 is 0. The van der Waals surface area contributed by atoms with Crippen molar-refractivity contribution < 1.29 is 14.7 Å². The predicted octanol–water partition coefficient (Wildman–Crippen LogP) is 0.131. The van der Waals surface area contributed by atoms with E-state index in [4.69, 9.17) is 5.11 Å². The summed E-state index contributed by atoms with van der Waals surface area (Å²) in [7, 11) is 1.60. The van der Waals surface area contributed by atoms with Crippen molar-refractivity contribution in [3.8, 4) is 0 Å². The zero-order valence-corrected chi connectivity index (χ0v) is 9.30. The Morgan fingerprint density at radius 3 is 2.81 bits per heavy atom. The van der Waals surface area contributed by atoms with Crippen LogP contribution in [-0.4, -0.2) is 45.7 Å². The van der Waals surface area contributed by atoms with Crippen LogP contribution < -0.4 is 0 Å². The summed E-state index contributed by atoms with van der Waals surface area (Å²) in [6, 6.07) is 1.71. The fraction of sp³-hybridized carbons (Fsp3) is 0.500. The summed E-state index contributed by atoms with van der Waals surface area (Å²) in [4.78, 5) is 23.7. The van der Waals surface area contributed by atoms with Gasteiger partial charge in [0.1, 0.15) is 0 Å². The molecule has 0 saturated carbocycles. The van der Waals surface area contributed by atoms with Gasteiger partial charge in [0, 0.05) is 25.5 Å². The molecule has 6 nitrogen and oxygen atoms in total. The van der Waals surface area contributed by atoms with Gasteiger partial charge in [0.2, 0.25) is 5.91 Å². The molecule has 1 aromatic heterocycles. The van der Waals surface area contributed by atoms with Crippen LogP contribution in [0.5, 0.6) is 0 Å². The Balaban J connectivity index is 2.45. The van der Waals surface area contributed by atoms with Gasteiger partial charge in [-0.25, -0.2) is 0 Å². The monoisotopic (exact) mass is 225 g/mol. The Bertz CT molecular complexity index is 361. The van der Waals surface area contributed by atoms with E-state index in [9.17, 15) is 9.59 Å². The number of nitrogens with one attached hydrogen (secondary N) is 1. The molecule has 0 radical (unpaired) electrons. The maximum atomic E-state index is 11.7. The molecule has 1 heterocycles. The van der Waals surface area contributed by atoms with Gasteiger partial charge < -0.3 is 10.0 Å². The Hall–Kier alpha value is -1.85. The van der Waals surface area contributed by atoms with Crippen LogP contribution in [0.25, 0.3) is 0 Å². The molecule has 1 atom stereocenters. The molecule has 2 N–H and O–H groups in total. The second-order valence-corrected chi connectivity index (χ2v) is 3.77.